The van der Waals surface area contributed by atoms with Crippen LogP contribution in [0.25, 0.3) is 0 Å². The Labute approximate surface area is 229 Å². The van der Waals surface area contributed by atoms with Crippen molar-refractivity contribution in [3.63, 3.8) is 0 Å². The van der Waals surface area contributed by atoms with Crippen molar-refractivity contribution >= 4 is 51.4 Å². The van der Waals surface area contributed by atoms with Crippen molar-refractivity contribution in [2.45, 2.75) is 19.4 Å². The van der Waals surface area contributed by atoms with Crippen LogP contribution in [0.15, 0.2) is 36.4 Å². The van der Waals surface area contributed by atoms with E-state index in [4.69, 9.17) is 21.8 Å². The number of amides is 1. The Kier molecular flexibility index (Phi) is 7.93. The van der Waals surface area contributed by atoms with Gasteiger partial charge in [-0.3, -0.25) is 4.79 Å². The van der Waals surface area contributed by atoms with Crippen molar-refractivity contribution in [1.29, 1.82) is 5.26 Å². The van der Waals surface area contributed by atoms with Crippen molar-refractivity contribution in [2.24, 2.45) is 0 Å². The summed E-state index contributed by atoms with van der Waals surface area (Å²) in [6, 6.07) is 11.7. The van der Waals surface area contributed by atoms with Gasteiger partial charge in [0.2, 0.25) is 5.95 Å². The lowest BCUT2D eigenvalue weighted by molar-refractivity contribution is 0.0787. The fraction of sp³-hybridized carbons (Fsp3) is 0.385. The Hall–Kier alpha value is -3.46. The van der Waals surface area contributed by atoms with Gasteiger partial charge in [-0.1, -0.05) is 18.5 Å². The first-order valence-corrected chi connectivity index (χ1v) is 13.8. The Morgan fingerprint density at radius 1 is 1.18 bits per heavy atom. The molecule has 2 fully saturated rings. The highest BCUT2D eigenvalue weighted by Crippen LogP contribution is 2.28. The predicted molar refractivity (Wildman–Crippen MR) is 148 cm³/mol. The lowest BCUT2D eigenvalue weighted by atomic mass is 10.2. The molecule has 5 rings (SSSR count). The molecule has 0 aliphatic carbocycles. The Bertz CT molecular complexity index is 1350. The standard InChI is InChI=1S/C26H28ClFN8OS/c1-2-34-9-11-35(12-10-34)23-14-22(31-24-6-4-19(15-29)38-24)32-26(33-23)30-18-7-8-36(16-18)25(37)20-5-3-17(27)13-21(20)28/h3-6,13-14,18H,2,7-12,16H2,1H3,(H2,30,31,32,33)/t18-/m0/s1. The monoisotopic (exact) mass is 554 g/mol. The summed E-state index contributed by atoms with van der Waals surface area (Å²) in [6.45, 7) is 7.73. The third-order valence-electron chi connectivity index (χ3n) is 6.79. The van der Waals surface area contributed by atoms with Crippen LogP contribution in [0, 0.1) is 17.1 Å². The van der Waals surface area contributed by atoms with Crippen LogP contribution in [0.2, 0.25) is 5.02 Å². The van der Waals surface area contributed by atoms with Crippen molar-refractivity contribution in [1.82, 2.24) is 19.8 Å². The highest BCUT2D eigenvalue weighted by Gasteiger charge is 2.29. The number of thiophene rings is 1. The number of nitrogens with zero attached hydrogens (tertiary/aromatic N) is 6. The fourth-order valence-corrected chi connectivity index (χ4v) is 5.56. The minimum Gasteiger partial charge on any atom is -0.354 e. The van der Waals surface area contributed by atoms with Gasteiger partial charge >= 0.3 is 0 Å². The second-order valence-corrected chi connectivity index (χ2v) is 10.8. The van der Waals surface area contributed by atoms with Gasteiger partial charge in [0, 0.05) is 56.4 Å². The fourth-order valence-electron chi connectivity index (χ4n) is 4.69. The number of nitriles is 1. The van der Waals surface area contributed by atoms with E-state index in [0.29, 0.717) is 36.2 Å². The van der Waals surface area contributed by atoms with Gasteiger partial charge in [0.25, 0.3) is 5.91 Å². The lowest BCUT2D eigenvalue weighted by Crippen LogP contribution is -2.46. The molecule has 0 radical (unpaired) electrons. The molecule has 2 saturated heterocycles. The van der Waals surface area contributed by atoms with Gasteiger partial charge in [0.05, 0.1) is 10.6 Å². The topological polar surface area (TPSA) is 100 Å². The van der Waals surface area contributed by atoms with Crippen LogP contribution in [0.3, 0.4) is 0 Å². The molecule has 4 heterocycles. The van der Waals surface area contributed by atoms with Crippen LogP contribution >= 0.6 is 22.9 Å². The number of hydrogen-bond donors (Lipinski definition) is 2. The highest BCUT2D eigenvalue weighted by atomic mass is 35.5. The average Bonchev–Trinajstić information content (AvgIpc) is 3.58. The first-order valence-electron chi connectivity index (χ1n) is 12.6. The van der Waals surface area contributed by atoms with Crippen LogP contribution in [0.1, 0.15) is 28.6 Å². The maximum absolute atomic E-state index is 14.3. The molecule has 0 bridgehead atoms. The molecule has 2 aliphatic rings. The summed E-state index contributed by atoms with van der Waals surface area (Å²) in [4.78, 5) is 29.3. The number of benzene rings is 1. The number of hydrogen-bond acceptors (Lipinski definition) is 9. The van der Waals surface area contributed by atoms with Gasteiger partial charge in [-0.25, -0.2) is 4.39 Å². The molecule has 38 heavy (non-hydrogen) atoms. The number of carbonyl (C=O) groups is 1. The third-order valence-corrected chi connectivity index (χ3v) is 7.93. The van der Waals surface area contributed by atoms with Gasteiger partial charge in [0.1, 0.15) is 28.4 Å². The lowest BCUT2D eigenvalue weighted by Gasteiger charge is -2.35. The SMILES string of the molecule is CCN1CCN(c2cc(Nc3ccc(C#N)s3)nc(N[C@H]3CCN(C(=O)c4ccc(Cl)cc4F)C3)n2)CC1. The molecule has 2 aromatic heterocycles. The molecule has 9 nitrogen and oxygen atoms in total. The molecule has 0 spiro atoms. The van der Waals surface area contributed by atoms with E-state index in [1.165, 1.54) is 23.5 Å². The van der Waals surface area contributed by atoms with Gasteiger partial charge in [-0.05, 0) is 43.3 Å². The molecule has 2 N–H and O–H groups in total. The molecule has 2 aliphatic heterocycles. The number of aromatic nitrogens is 2. The van der Waals surface area contributed by atoms with E-state index >= 15 is 0 Å². The first-order chi connectivity index (χ1) is 18.4. The van der Waals surface area contributed by atoms with Crippen molar-refractivity contribution in [3.8, 4) is 6.07 Å². The summed E-state index contributed by atoms with van der Waals surface area (Å²) in [7, 11) is 0. The number of piperazine rings is 1. The Morgan fingerprint density at radius 3 is 2.71 bits per heavy atom. The quantitative estimate of drug-likeness (QED) is 0.443. The van der Waals surface area contributed by atoms with E-state index in [9.17, 15) is 9.18 Å². The summed E-state index contributed by atoms with van der Waals surface area (Å²) in [5, 5.41) is 16.9. The van der Waals surface area contributed by atoms with Crippen molar-refractivity contribution < 1.29 is 9.18 Å². The molecule has 1 aromatic carbocycles. The van der Waals surface area contributed by atoms with Crippen LogP contribution in [-0.2, 0) is 0 Å². The smallest absolute Gasteiger partial charge is 0.256 e. The molecule has 1 atom stereocenters. The zero-order valence-electron chi connectivity index (χ0n) is 21.0. The van der Waals surface area contributed by atoms with Crippen LogP contribution < -0.4 is 15.5 Å². The number of anilines is 4. The summed E-state index contributed by atoms with van der Waals surface area (Å²) in [5.41, 5.74) is 0.0127. The van der Waals surface area contributed by atoms with Crippen LogP contribution in [0.5, 0.6) is 0 Å². The number of rotatable bonds is 7. The van der Waals surface area contributed by atoms with E-state index in [1.807, 2.05) is 12.1 Å². The van der Waals surface area contributed by atoms with Crippen molar-refractivity contribution in [2.75, 3.05) is 61.3 Å². The summed E-state index contributed by atoms with van der Waals surface area (Å²) in [5.74, 6) is 0.905. The van der Waals surface area contributed by atoms with E-state index < -0.39 is 5.82 Å². The minimum atomic E-state index is -0.623. The van der Waals surface area contributed by atoms with Gasteiger partial charge < -0.3 is 25.3 Å². The zero-order chi connectivity index (χ0) is 26.6. The molecule has 3 aromatic rings. The largest absolute Gasteiger partial charge is 0.354 e. The first kappa shape index (κ1) is 26.2. The summed E-state index contributed by atoms with van der Waals surface area (Å²) >= 11 is 7.20. The van der Waals surface area contributed by atoms with Crippen LogP contribution in [-0.4, -0.2) is 77.5 Å². The molecule has 0 saturated carbocycles. The van der Waals surface area contributed by atoms with Crippen molar-refractivity contribution in [3.05, 3.63) is 57.7 Å². The molecular formula is C26H28ClFN8OS. The normalized spacial score (nSPS) is 17.9. The predicted octanol–water partition coefficient (Wildman–Crippen LogP) is 4.41. The number of likely N-dealkylation sites (tertiary alicyclic amines) is 1. The molecular weight excluding hydrogens is 527 g/mol. The number of carbonyl (C=O) groups excluding carboxylic acids is 1. The van der Waals surface area contributed by atoms with E-state index in [1.54, 1.807) is 11.0 Å². The second-order valence-electron chi connectivity index (χ2n) is 9.26. The molecule has 1 amide bonds. The third kappa shape index (κ3) is 5.99. The summed E-state index contributed by atoms with van der Waals surface area (Å²) in [6.07, 6.45) is 0.683. The van der Waals surface area contributed by atoms with Crippen LogP contribution in [0.4, 0.5) is 27.0 Å². The number of nitrogens with one attached hydrogen (secondary N) is 2. The highest BCUT2D eigenvalue weighted by molar-refractivity contribution is 7.16. The Balaban J connectivity index is 1.32. The summed E-state index contributed by atoms with van der Waals surface area (Å²) < 4.78 is 14.3. The molecule has 12 heteroatoms. The van der Waals surface area contributed by atoms with Gasteiger partial charge in [-0.2, -0.15) is 15.2 Å². The number of likely N-dealkylation sites (N-methyl/N-ethyl adjacent to an activating group) is 1. The van der Waals surface area contributed by atoms with E-state index in [0.717, 1.165) is 49.6 Å². The Morgan fingerprint density at radius 2 is 2.00 bits per heavy atom. The van der Waals surface area contributed by atoms with E-state index in [-0.39, 0.29) is 22.5 Å². The van der Waals surface area contributed by atoms with E-state index in [2.05, 4.69) is 38.4 Å². The second kappa shape index (κ2) is 11.5. The number of halogens is 2. The molecule has 0 unspecified atom stereocenters. The average molecular weight is 555 g/mol. The zero-order valence-corrected chi connectivity index (χ0v) is 22.5. The van der Waals surface area contributed by atoms with Gasteiger partial charge in [-0.15, -0.1) is 11.3 Å². The maximum atomic E-state index is 14.3. The van der Waals surface area contributed by atoms with Gasteiger partial charge in [0.15, 0.2) is 0 Å². The molecule has 198 valence electrons. The maximum Gasteiger partial charge on any atom is 0.256 e. The minimum absolute atomic E-state index is 0.0127.